The summed E-state index contributed by atoms with van der Waals surface area (Å²) in [7, 11) is 0. The number of amides is 3. The van der Waals surface area contributed by atoms with Gasteiger partial charge >= 0.3 is 41.6 Å². The van der Waals surface area contributed by atoms with Gasteiger partial charge < -0.3 is 21.7 Å². The van der Waals surface area contributed by atoms with Crippen molar-refractivity contribution in [3.63, 3.8) is 0 Å². The summed E-state index contributed by atoms with van der Waals surface area (Å²) >= 11 is 2.39. The Morgan fingerprint density at radius 2 is 2.06 bits per heavy atom. The Morgan fingerprint density at radius 3 is 2.63 bits per heavy atom. The Kier molecular flexibility index (Phi) is 9.96. The number of carbonyl (C=O) groups is 4. The Morgan fingerprint density at radius 1 is 1.37 bits per heavy atom. The van der Waals surface area contributed by atoms with Crippen LogP contribution in [-0.4, -0.2) is 73.4 Å². The Bertz CT molecular complexity index is 1090. The van der Waals surface area contributed by atoms with Gasteiger partial charge in [0.15, 0.2) is 5.13 Å². The number of thioether (sulfide) groups is 1. The number of carboxylic acids is 1. The number of β-lactam (4-membered cyclic amide) rings is 1. The molecule has 35 heavy (non-hydrogen) atoms. The van der Waals surface area contributed by atoms with Crippen molar-refractivity contribution in [2.45, 2.75) is 51.1 Å². The van der Waals surface area contributed by atoms with Gasteiger partial charge in [-0.15, -0.1) is 23.1 Å². The fourth-order valence-corrected chi connectivity index (χ4v) is 5.42. The Hall–Kier alpha value is -1.90. The molecule has 0 saturated carbocycles. The second-order valence-electron chi connectivity index (χ2n) is 8.47. The largest absolute Gasteiger partial charge is 1.00 e. The molecule has 1 saturated heterocycles. The molecule has 1 fully saturated rings. The molecule has 0 bridgehead atoms. The molecule has 0 radical (unpaired) electrons. The standard InChI is InChI=1S/C21H26N4O7S2.Na.H/c1-5-6-11(12-9-34-19(22-12)24-20(31)32-21(2,3)4)15(27)23-13-16(28)25-14(18(29)30)10(7-26)8-33-17(13)25;;/h6,9,13,17,26H,5,7-8H2,1-4H3,(H,23,27)(H,29,30)(H,22,24,31);;/q;+1;-1/b11-6+;;/t13-,17-;;/m1../s1. The first-order valence-corrected chi connectivity index (χ1v) is 12.4. The van der Waals surface area contributed by atoms with Crippen LogP contribution in [-0.2, 0) is 19.1 Å². The fourth-order valence-electron chi connectivity index (χ4n) is 3.39. The summed E-state index contributed by atoms with van der Waals surface area (Å²) in [6.45, 7) is 6.58. The zero-order chi connectivity index (χ0) is 25.2. The van der Waals surface area contributed by atoms with Crippen LogP contribution in [0.3, 0.4) is 0 Å². The van der Waals surface area contributed by atoms with Gasteiger partial charge in [0.1, 0.15) is 22.7 Å². The van der Waals surface area contributed by atoms with Crippen molar-refractivity contribution in [3.05, 3.63) is 28.4 Å². The number of aliphatic hydroxyl groups excluding tert-OH is 1. The summed E-state index contributed by atoms with van der Waals surface area (Å²) in [6.07, 6.45) is 1.50. The maximum Gasteiger partial charge on any atom is 1.00 e. The van der Waals surface area contributed by atoms with E-state index in [1.54, 1.807) is 32.2 Å². The minimum absolute atomic E-state index is 0. The van der Waals surface area contributed by atoms with E-state index in [-0.39, 0.29) is 58.7 Å². The first-order valence-electron chi connectivity index (χ1n) is 10.4. The van der Waals surface area contributed by atoms with Crippen LogP contribution in [0.5, 0.6) is 0 Å². The molecular weight excluding hydrogens is 507 g/mol. The van der Waals surface area contributed by atoms with E-state index in [4.69, 9.17) is 4.74 Å². The van der Waals surface area contributed by atoms with E-state index < -0.39 is 47.5 Å². The van der Waals surface area contributed by atoms with E-state index in [0.717, 1.165) is 16.2 Å². The first kappa shape index (κ1) is 29.3. The van der Waals surface area contributed by atoms with Crippen molar-refractivity contribution in [1.82, 2.24) is 15.2 Å². The van der Waals surface area contributed by atoms with Crippen molar-refractivity contribution < 1.29 is 65.1 Å². The molecule has 14 heteroatoms. The number of ether oxygens (including phenoxy) is 1. The molecule has 2 aliphatic rings. The molecule has 3 amide bonds. The molecule has 3 heterocycles. The van der Waals surface area contributed by atoms with E-state index in [9.17, 15) is 29.4 Å². The van der Waals surface area contributed by atoms with Crippen molar-refractivity contribution in [2.75, 3.05) is 17.7 Å². The van der Waals surface area contributed by atoms with Gasteiger partial charge in [-0.3, -0.25) is 19.8 Å². The van der Waals surface area contributed by atoms with E-state index in [2.05, 4.69) is 15.6 Å². The van der Waals surface area contributed by atoms with Gasteiger partial charge in [-0.2, -0.15) is 0 Å². The number of hydrogen-bond donors (Lipinski definition) is 4. The number of hydrogen-bond acceptors (Lipinski definition) is 9. The number of anilines is 1. The normalized spacial score (nSPS) is 19.9. The van der Waals surface area contributed by atoms with Crippen LogP contribution < -0.4 is 40.2 Å². The molecule has 1 aromatic heterocycles. The molecule has 0 aliphatic carbocycles. The number of fused-ring (bicyclic) bond motifs is 1. The van der Waals surface area contributed by atoms with Crippen molar-refractivity contribution in [2.24, 2.45) is 0 Å². The molecular formula is C21H27N4NaO7S2. The van der Waals surface area contributed by atoms with Gasteiger partial charge in [-0.05, 0) is 32.8 Å². The summed E-state index contributed by atoms with van der Waals surface area (Å²) in [5.74, 6) is -2.16. The number of nitrogens with zero attached hydrogens (tertiary/aromatic N) is 2. The van der Waals surface area contributed by atoms with Crippen LogP contribution >= 0.6 is 23.1 Å². The van der Waals surface area contributed by atoms with Gasteiger partial charge in [0.05, 0.1) is 17.9 Å². The average Bonchev–Trinajstić information content (AvgIpc) is 3.20. The third-order valence-electron chi connectivity index (χ3n) is 4.77. The second kappa shape index (κ2) is 11.9. The average molecular weight is 535 g/mol. The minimum atomic E-state index is -1.30. The monoisotopic (exact) mass is 534 g/mol. The molecule has 1 aromatic rings. The van der Waals surface area contributed by atoms with E-state index >= 15 is 0 Å². The quantitative estimate of drug-likeness (QED) is 0.198. The van der Waals surface area contributed by atoms with Crippen LogP contribution in [0.4, 0.5) is 9.93 Å². The number of carbonyl (C=O) groups excluding carboxylic acids is 3. The summed E-state index contributed by atoms with van der Waals surface area (Å²) < 4.78 is 5.20. The number of aromatic nitrogens is 1. The molecule has 11 nitrogen and oxygen atoms in total. The maximum absolute atomic E-state index is 13.0. The van der Waals surface area contributed by atoms with Gasteiger partial charge in [0, 0.05) is 11.1 Å². The molecule has 4 N–H and O–H groups in total. The Balaban J connectivity index is 0.00000324. The van der Waals surface area contributed by atoms with E-state index in [1.165, 1.54) is 11.8 Å². The van der Waals surface area contributed by atoms with Crippen LogP contribution in [0, 0.1) is 0 Å². The molecule has 2 aliphatic heterocycles. The number of thiazole rings is 1. The summed E-state index contributed by atoms with van der Waals surface area (Å²) in [4.78, 5) is 54.7. The number of carboxylic acid groups (broad SMARTS) is 1. The van der Waals surface area contributed by atoms with Crippen LogP contribution in [0.2, 0.25) is 0 Å². The number of allylic oxidation sites excluding steroid dienone is 1. The smallest absolute Gasteiger partial charge is 1.00 e. The maximum atomic E-state index is 13.0. The third kappa shape index (κ3) is 6.66. The SMILES string of the molecule is CC/C=C(/C(=O)N[C@@H]1C(=O)N2C(C(=O)O)=C(CO)CS[C@H]12)c1csc(NC(=O)OC(C)(C)C)n1.[H-].[Na+]. The molecule has 0 aromatic carbocycles. The number of rotatable bonds is 7. The van der Waals surface area contributed by atoms with Crippen LogP contribution in [0.1, 0.15) is 41.2 Å². The molecule has 0 unspecified atom stereocenters. The summed E-state index contributed by atoms with van der Waals surface area (Å²) in [5, 5.41) is 25.4. The van der Waals surface area contributed by atoms with Gasteiger partial charge in [-0.25, -0.2) is 14.6 Å². The van der Waals surface area contributed by atoms with Gasteiger partial charge in [0.25, 0.3) is 11.8 Å². The predicted octanol–water partition coefficient (Wildman–Crippen LogP) is -0.869. The summed E-state index contributed by atoms with van der Waals surface area (Å²) in [5.41, 5.74) is -0.0999. The third-order valence-corrected chi connectivity index (χ3v) is 6.87. The van der Waals surface area contributed by atoms with Crippen LogP contribution in [0.15, 0.2) is 22.7 Å². The van der Waals surface area contributed by atoms with E-state index in [0.29, 0.717) is 12.1 Å². The fraction of sp³-hybridized carbons (Fsp3) is 0.476. The summed E-state index contributed by atoms with van der Waals surface area (Å²) in [6, 6.07) is -0.912. The zero-order valence-corrected chi connectivity index (χ0v) is 23.7. The number of aliphatic carboxylic acids is 1. The number of aliphatic hydroxyl groups is 1. The number of nitrogens with one attached hydrogen (secondary N) is 2. The van der Waals surface area contributed by atoms with Gasteiger partial charge in [-0.1, -0.05) is 13.0 Å². The topological polar surface area (TPSA) is 158 Å². The van der Waals surface area contributed by atoms with Crippen molar-refractivity contribution >= 4 is 57.7 Å². The predicted molar refractivity (Wildman–Crippen MR) is 128 cm³/mol. The molecule has 186 valence electrons. The van der Waals surface area contributed by atoms with Crippen molar-refractivity contribution in [3.8, 4) is 0 Å². The van der Waals surface area contributed by atoms with Crippen molar-refractivity contribution in [1.29, 1.82) is 0 Å². The van der Waals surface area contributed by atoms with E-state index in [1.807, 2.05) is 6.92 Å². The second-order valence-corrected chi connectivity index (χ2v) is 10.4. The molecule has 2 atom stereocenters. The molecule has 3 rings (SSSR count). The minimum Gasteiger partial charge on any atom is -1.00 e. The molecule has 0 spiro atoms. The Labute approximate surface area is 234 Å². The van der Waals surface area contributed by atoms with Gasteiger partial charge in [0.2, 0.25) is 0 Å². The van der Waals surface area contributed by atoms with Crippen LogP contribution in [0.25, 0.3) is 5.57 Å². The first-order chi connectivity index (χ1) is 16.0. The zero-order valence-electron chi connectivity index (χ0n) is 21.1.